The van der Waals surface area contributed by atoms with Crippen LogP contribution in [-0.2, 0) is 117 Å². The summed E-state index contributed by atoms with van der Waals surface area (Å²) in [5, 5.41) is 0. The van der Waals surface area contributed by atoms with Gasteiger partial charge in [-0.3, -0.25) is 0 Å². The fraction of sp³-hybridized carbons (Fsp3) is 0. The maximum Gasteiger partial charge on any atom is 0 e. The first-order chi connectivity index (χ1) is 0. The van der Waals surface area contributed by atoms with Crippen molar-refractivity contribution in [2.45, 2.75) is 0 Å². The van der Waals surface area contributed by atoms with Crippen molar-refractivity contribution in [3.05, 3.63) is 0 Å². The standard InChI is InChI=1S/3Mo.4H2S/h;;;4*1H2/p-4. The predicted octanol–water partition coefficient (Wildman–Crippen LogP) is -1.09. The van der Waals surface area contributed by atoms with Crippen LogP contribution in [0.4, 0.5) is 0 Å². The van der Waals surface area contributed by atoms with Gasteiger partial charge in [0.15, 0.2) is 0 Å². The van der Waals surface area contributed by atoms with Crippen LogP contribution in [0.25, 0.3) is 0 Å². The van der Waals surface area contributed by atoms with Crippen molar-refractivity contribution < 1.29 is 63.2 Å². The molecule has 0 nitrogen and oxygen atoms in total. The Labute approximate surface area is 115 Å². The van der Waals surface area contributed by atoms with Gasteiger partial charge in [-0.2, -0.15) is 0 Å². The monoisotopic (exact) mass is 426 g/mol. The molecule has 0 aliphatic heterocycles. The Morgan fingerprint density at radius 2 is 0.286 bits per heavy atom. The summed E-state index contributed by atoms with van der Waals surface area (Å²) in [5.74, 6) is 0. The second kappa shape index (κ2) is 56.5. The van der Waals surface area contributed by atoms with Gasteiger partial charge in [0, 0.05) is 63.2 Å². The molecule has 0 rings (SSSR count). The molecule has 0 spiro atoms. The van der Waals surface area contributed by atoms with Crippen LogP contribution in [0.3, 0.4) is 0 Å². The summed E-state index contributed by atoms with van der Waals surface area (Å²) in [4.78, 5) is 0. The fourth-order valence-electron chi connectivity index (χ4n) is 0. The van der Waals surface area contributed by atoms with Crippen LogP contribution < -0.4 is 0 Å². The molecule has 0 amide bonds. The molecule has 0 aliphatic carbocycles. The van der Waals surface area contributed by atoms with Crippen LogP contribution >= 0.6 is 0 Å². The van der Waals surface area contributed by atoms with Gasteiger partial charge in [0.1, 0.15) is 0 Å². The first-order valence-corrected chi connectivity index (χ1v) is 0. The third-order valence-corrected chi connectivity index (χ3v) is 0. The van der Waals surface area contributed by atoms with Crippen LogP contribution in [0.15, 0.2) is 0 Å². The molecule has 0 radical (unpaired) electrons. The summed E-state index contributed by atoms with van der Waals surface area (Å²) in [6.45, 7) is 0. The normalized spacial score (nSPS) is 0. The zero-order chi connectivity index (χ0) is 0. The second-order valence-electron chi connectivity index (χ2n) is 0. The van der Waals surface area contributed by atoms with Gasteiger partial charge in [-0.05, 0) is 0 Å². The Morgan fingerprint density at radius 1 is 0.286 bits per heavy atom. The number of thiol groups is 4. The van der Waals surface area contributed by atoms with E-state index >= 15 is 0 Å². The van der Waals surface area contributed by atoms with Gasteiger partial charge >= 0.3 is 0 Å². The van der Waals surface area contributed by atoms with Crippen molar-refractivity contribution in [3.63, 3.8) is 0 Å². The summed E-state index contributed by atoms with van der Waals surface area (Å²) in [5.41, 5.74) is 0. The largest absolute Gasteiger partial charge is 0.813 e. The number of hydrogen-bond acceptors (Lipinski definition) is 4. The maximum absolute atomic E-state index is 0. The van der Waals surface area contributed by atoms with Crippen molar-refractivity contribution in [3.8, 4) is 0 Å². The smallest absolute Gasteiger partial charge is 0 e. The average Bonchev–Trinajstić information content (AvgIpc) is 0. The Balaban J connectivity index is 0. The predicted molar refractivity (Wildman–Crippen MR) is 35.0 cm³/mol. The van der Waals surface area contributed by atoms with E-state index in [0.717, 1.165) is 0 Å². The van der Waals surface area contributed by atoms with E-state index in [1.807, 2.05) is 0 Å². The van der Waals surface area contributed by atoms with Crippen molar-refractivity contribution in [1.29, 1.82) is 0 Å². The van der Waals surface area contributed by atoms with E-state index in [1.165, 1.54) is 0 Å². The minimum absolute atomic E-state index is 0. The molecule has 0 aromatic rings. The summed E-state index contributed by atoms with van der Waals surface area (Å²) in [6, 6.07) is 0. The van der Waals surface area contributed by atoms with Gasteiger partial charge in [-0.1, -0.05) is 0 Å². The second-order valence-corrected chi connectivity index (χ2v) is 0. The molecule has 50 valence electrons. The van der Waals surface area contributed by atoms with E-state index in [1.54, 1.807) is 0 Å². The molecule has 0 aromatic carbocycles. The molecular formula is H4Mo3S4-4. The van der Waals surface area contributed by atoms with Gasteiger partial charge in [0.2, 0.25) is 0 Å². The van der Waals surface area contributed by atoms with E-state index < -0.39 is 0 Å². The molecular weight excluding hydrogens is 416 g/mol. The first kappa shape index (κ1) is 78.1. The minimum Gasteiger partial charge on any atom is -0.813 e. The molecule has 0 N–H and O–H groups in total. The zero-order valence-electron chi connectivity index (χ0n) is 3.01. The van der Waals surface area contributed by atoms with E-state index in [-0.39, 0.29) is 117 Å². The Hall–Kier alpha value is 3.46. The Kier molecular flexibility index (Phi) is 630. The molecule has 0 fully saturated rings. The Bertz CT molecular complexity index is 6.90. The summed E-state index contributed by atoms with van der Waals surface area (Å²) in [6.07, 6.45) is 0. The first-order valence-electron chi connectivity index (χ1n) is 0. The molecule has 0 saturated carbocycles. The Morgan fingerprint density at radius 3 is 0.286 bits per heavy atom. The van der Waals surface area contributed by atoms with Crippen molar-refractivity contribution >= 4 is 54.0 Å². The molecule has 0 unspecified atom stereocenters. The van der Waals surface area contributed by atoms with E-state index in [9.17, 15) is 0 Å². The van der Waals surface area contributed by atoms with Gasteiger partial charge in [0.05, 0.1) is 0 Å². The average molecular weight is 420 g/mol. The van der Waals surface area contributed by atoms with Gasteiger partial charge < -0.3 is 54.0 Å². The van der Waals surface area contributed by atoms with Gasteiger partial charge in [0.25, 0.3) is 0 Å². The quantitative estimate of drug-likeness (QED) is 0.278. The van der Waals surface area contributed by atoms with Gasteiger partial charge in [-0.15, -0.1) is 0 Å². The molecule has 7 heteroatoms. The van der Waals surface area contributed by atoms with E-state index in [2.05, 4.69) is 0 Å². The molecule has 0 saturated heterocycles. The molecule has 0 bridgehead atoms. The van der Waals surface area contributed by atoms with Crippen molar-refractivity contribution in [1.82, 2.24) is 0 Å². The zero-order valence-corrected chi connectivity index (χ0v) is 12.6. The fourth-order valence-corrected chi connectivity index (χ4v) is 0. The molecule has 0 aromatic heterocycles. The van der Waals surface area contributed by atoms with Crippen LogP contribution in [0, 0.1) is 0 Å². The number of rotatable bonds is 0. The van der Waals surface area contributed by atoms with E-state index in [4.69, 9.17) is 0 Å². The number of hydrogen-bond donors (Lipinski definition) is 0. The third kappa shape index (κ3) is 43.9. The topological polar surface area (TPSA) is 0 Å². The maximum atomic E-state index is 0. The summed E-state index contributed by atoms with van der Waals surface area (Å²) in [7, 11) is 0. The van der Waals surface area contributed by atoms with E-state index in [0.29, 0.717) is 0 Å². The SMILES string of the molecule is [Mo].[Mo].[Mo].[SH-].[SH-].[SH-].[SH-]. The van der Waals surface area contributed by atoms with Crippen molar-refractivity contribution in [2.24, 2.45) is 0 Å². The molecule has 0 aliphatic rings. The van der Waals surface area contributed by atoms with Crippen LogP contribution in [0.2, 0.25) is 0 Å². The third-order valence-electron chi connectivity index (χ3n) is 0. The molecule has 0 atom stereocenters. The van der Waals surface area contributed by atoms with Crippen LogP contribution in [0.5, 0.6) is 0 Å². The van der Waals surface area contributed by atoms with Gasteiger partial charge in [-0.25, -0.2) is 0 Å². The summed E-state index contributed by atoms with van der Waals surface area (Å²) < 4.78 is 0. The molecule has 7 heavy (non-hydrogen) atoms. The minimum atomic E-state index is 0. The van der Waals surface area contributed by atoms with Crippen LogP contribution in [-0.4, -0.2) is 0 Å². The molecule has 0 heterocycles. The summed E-state index contributed by atoms with van der Waals surface area (Å²) >= 11 is 0. The van der Waals surface area contributed by atoms with Crippen molar-refractivity contribution in [2.75, 3.05) is 0 Å². The van der Waals surface area contributed by atoms with Crippen LogP contribution in [0.1, 0.15) is 0 Å².